The number of nitrogens with one attached hydrogen (secondary N) is 2. The van der Waals surface area contributed by atoms with Crippen LogP contribution in [0.5, 0.6) is 0 Å². The van der Waals surface area contributed by atoms with Gasteiger partial charge in [0, 0.05) is 6.04 Å². The van der Waals surface area contributed by atoms with Gasteiger partial charge >= 0.3 is 0 Å². The first-order valence-corrected chi connectivity index (χ1v) is 8.73. The summed E-state index contributed by atoms with van der Waals surface area (Å²) in [5.74, 6) is -0.784. The van der Waals surface area contributed by atoms with Crippen LogP contribution in [-0.2, 0) is 9.59 Å². The Bertz CT molecular complexity index is 646. The van der Waals surface area contributed by atoms with Crippen molar-refractivity contribution in [3.05, 3.63) is 71.8 Å². The Kier molecular flexibility index (Phi) is 6.75. The smallest absolute Gasteiger partial charge is 0.242 e. The van der Waals surface area contributed by atoms with Crippen LogP contribution in [-0.4, -0.2) is 23.9 Å². The summed E-state index contributed by atoms with van der Waals surface area (Å²) in [5.41, 5.74) is 1.81. The molecule has 0 bridgehead atoms. The average Bonchev–Trinajstić information content (AvgIpc) is 2.63. The predicted molar refractivity (Wildman–Crippen MR) is 100 cm³/mol. The summed E-state index contributed by atoms with van der Waals surface area (Å²) in [6.07, 6.45) is 0.850. The molecule has 0 fully saturated rings. The van der Waals surface area contributed by atoms with Crippen LogP contribution in [0.4, 0.5) is 0 Å². The molecule has 2 N–H and O–H groups in total. The molecule has 0 aliphatic rings. The quantitative estimate of drug-likeness (QED) is 0.814. The molecular weight excluding hydrogens is 312 g/mol. The number of carbonyl (C=O) groups excluding carboxylic acids is 2. The molecule has 2 rings (SSSR count). The normalized spacial score (nSPS) is 13.1. The Morgan fingerprint density at radius 3 is 1.72 bits per heavy atom. The molecule has 0 unspecified atom stereocenters. The van der Waals surface area contributed by atoms with E-state index in [0.717, 1.165) is 17.5 Å². The van der Waals surface area contributed by atoms with Crippen molar-refractivity contribution in [1.29, 1.82) is 0 Å². The summed E-state index contributed by atoms with van der Waals surface area (Å²) in [5, 5.41) is 5.75. The van der Waals surface area contributed by atoms with Gasteiger partial charge in [-0.05, 0) is 31.4 Å². The number of hydrogen-bond acceptors (Lipinski definition) is 2. The van der Waals surface area contributed by atoms with Crippen LogP contribution in [0.25, 0.3) is 0 Å². The van der Waals surface area contributed by atoms with Gasteiger partial charge in [-0.15, -0.1) is 0 Å². The van der Waals surface area contributed by atoms with Crippen molar-refractivity contribution in [3.8, 4) is 0 Å². The maximum absolute atomic E-state index is 12.9. The van der Waals surface area contributed by atoms with Crippen LogP contribution < -0.4 is 10.6 Å². The molecule has 0 saturated carbocycles. The number of hydrogen-bond donors (Lipinski definition) is 2. The molecule has 0 saturated heterocycles. The molecule has 0 spiro atoms. The zero-order valence-corrected chi connectivity index (χ0v) is 15.0. The standard InChI is InChI=1S/C21H26N2O2/c1-4-15(2)22-20(24)16(3)23-21(25)19(17-11-7-5-8-12-17)18-13-9-6-10-14-18/h5-16,19H,4H2,1-3H3,(H,22,24)(H,23,25)/t15-,16+/m1/s1. The highest BCUT2D eigenvalue weighted by molar-refractivity contribution is 5.92. The van der Waals surface area contributed by atoms with Crippen LogP contribution in [0.3, 0.4) is 0 Å². The second-order valence-corrected chi connectivity index (χ2v) is 6.30. The van der Waals surface area contributed by atoms with Gasteiger partial charge in [0.1, 0.15) is 6.04 Å². The first-order chi connectivity index (χ1) is 12.0. The zero-order chi connectivity index (χ0) is 18.2. The third-order valence-electron chi connectivity index (χ3n) is 4.28. The van der Waals surface area contributed by atoms with Gasteiger partial charge in [-0.25, -0.2) is 0 Å². The maximum atomic E-state index is 12.9. The Morgan fingerprint density at radius 2 is 1.28 bits per heavy atom. The van der Waals surface area contributed by atoms with Crippen LogP contribution in [0.2, 0.25) is 0 Å². The van der Waals surface area contributed by atoms with Crippen molar-refractivity contribution in [2.24, 2.45) is 0 Å². The van der Waals surface area contributed by atoms with Gasteiger partial charge in [0.25, 0.3) is 0 Å². The maximum Gasteiger partial charge on any atom is 0.242 e. The summed E-state index contributed by atoms with van der Waals surface area (Å²) < 4.78 is 0. The molecule has 25 heavy (non-hydrogen) atoms. The van der Waals surface area contributed by atoms with Gasteiger partial charge in [-0.3, -0.25) is 9.59 Å². The van der Waals surface area contributed by atoms with Crippen LogP contribution in [0.1, 0.15) is 44.2 Å². The summed E-state index contributed by atoms with van der Waals surface area (Å²) >= 11 is 0. The molecule has 0 aromatic heterocycles. The Hall–Kier alpha value is -2.62. The summed E-state index contributed by atoms with van der Waals surface area (Å²) in [7, 11) is 0. The van der Waals surface area contributed by atoms with E-state index in [4.69, 9.17) is 0 Å². The molecule has 132 valence electrons. The summed E-state index contributed by atoms with van der Waals surface area (Å²) in [6.45, 7) is 5.67. The molecule has 2 aromatic rings. The van der Waals surface area contributed by atoms with Gasteiger partial charge in [-0.1, -0.05) is 67.6 Å². The minimum absolute atomic E-state index is 0.0888. The highest BCUT2D eigenvalue weighted by atomic mass is 16.2. The molecule has 2 aromatic carbocycles. The molecular formula is C21H26N2O2. The molecule has 2 amide bonds. The second kappa shape index (κ2) is 9.02. The highest BCUT2D eigenvalue weighted by Crippen LogP contribution is 2.24. The summed E-state index contributed by atoms with van der Waals surface area (Å²) in [4.78, 5) is 25.1. The average molecular weight is 338 g/mol. The monoisotopic (exact) mass is 338 g/mol. The number of benzene rings is 2. The van der Waals surface area contributed by atoms with Crippen LogP contribution in [0.15, 0.2) is 60.7 Å². The minimum atomic E-state index is -0.587. The lowest BCUT2D eigenvalue weighted by molar-refractivity contribution is -0.129. The number of amides is 2. The lowest BCUT2D eigenvalue weighted by atomic mass is 9.90. The zero-order valence-electron chi connectivity index (χ0n) is 15.0. The van der Waals surface area contributed by atoms with Gasteiger partial charge in [0.15, 0.2) is 0 Å². The first-order valence-electron chi connectivity index (χ1n) is 8.73. The highest BCUT2D eigenvalue weighted by Gasteiger charge is 2.25. The van der Waals surface area contributed by atoms with E-state index in [-0.39, 0.29) is 17.9 Å². The van der Waals surface area contributed by atoms with E-state index in [0.29, 0.717) is 0 Å². The molecule has 4 nitrogen and oxygen atoms in total. The van der Waals surface area contributed by atoms with Gasteiger partial charge in [0.2, 0.25) is 11.8 Å². The molecule has 4 heteroatoms. The van der Waals surface area contributed by atoms with E-state index in [9.17, 15) is 9.59 Å². The Morgan fingerprint density at radius 1 is 0.800 bits per heavy atom. The van der Waals surface area contributed by atoms with E-state index in [1.54, 1.807) is 6.92 Å². The molecule has 0 aliphatic carbocycles. The molecule has 0 aliphatic heterocycles. The molecule has 2 atom stereocenters. The van der Waals surface area contributed by atoms with Gasteiger partial charge < -0.3 is 10.6 Å². The second-order valence-electron chi connectivity index (χ2n) is 6.30. The Balaban J connectivity index is 2.18. The van der Waals surface area contributed by atoms with Crippen molar-refractivity contribution in [2.45, 2.75) is 45.2 Å². The molecule has 0 heterocycles. The van der Waals surface area contributed by atoms with E-state index in [1.807, 2.05) is 74.5 Å². The fourth-order valence-corrected chi connectivity index (χ4v) is 2.62. The fourth-order valence-electron chi connectivity index (χ4n) is 2.62. The van der Waals surface area contributed by atoms with E-state index in [2.05, 4.69) is 10.6 Å². The first kappa shape index (κ1) is 18.7. The fraction of sp³-hybridized carbons (Fsp3) is 0.333. The third kappa shape index (κ3) is 5.18. The van der Waals surface area contributed by atoms with Crippen molar-refractivity contribution >= 4 is 11.8 Å². The van der Waals surface area contributed by atoms with E-state index < -0.39 is 12.0 Å². The predicted octanol–water partition coefficient (Wildman–Crippen LogP) is 3.24. The minimum Gasteiger partial charge on any atom is -0.352 e. The van der Waals surface area contributed by atoms with Crippen molar-refractivity contribution in [2.75, 3.05) is 0 Å². The van der Waals surface area contributed by atoms with Crippen molar-refractivity contribution in [1.82, 2.24) is 10.6 Å². The number of rotatable bonds is 7. The third-order valence-corrected chi connectivity index (χ3v) is 4.28. The van der Waals surface area contributed by atoms with Gasteiger partial charge in [0.05, 0.1) is 5.92 Å². The van der Waals surface area contributed by atoms with E-state index >= 15 is 0 Å². The lowest BCUT2D eigenvalue weighted by Gasteiger charge is -2.22. The molecule has 0 radical (unpaired) electrons. The van der Waals surface area contributed by atoms with Crippen LogP contribution in [0, 0.1) is 0 Å². The topological polar surface area (TPSA) is 58.2 Å². The Labute approximate surface area is 149 Å². The number of carbonyl (C=O) groups is 2. The lowest BCUT2D eigenvalue weighted by Crippen LogP contribution is -2.48. The largest absolute Gasteiger partial charge is 0.352 e. The SMILES string of the molecule is CC[C@@H](C)NC(=O)[C@H](C)NC(=O)C(c1ccccc1)c1ccccc1. The summed E-state index contributed by atoms with van der Waals surface area (Å²) in [6, 6.07) is 18.7. The van der Waals surface area contributed by atoms with Crippen molar-refractivity contribution in [3.63, 3.8) is 0 Å². The van der Waals surface area contributed by atoms with Crippen LogP contribution >= 0.6 is 0 Å². The van der Waals surface area contributed by atoms with E-state index in [1.165, 1.54) is 0 Å². The van der Waals surface area contributed by atoms with Crippen molar-refractivity contribution < 1.29 is 9.59 Å². The van der Waals surface area contributed by atoms with Gasteiger partial charge in [-0.2, -0.15) is 0 Å².